The summed E-state index contributed by atoms with van der Waals surface area (Å²) in [7, 11) is 4.32. The quantitative estimate of drug-likeness (QED) is 0.176. The van der Waals surface area contributed by atoms with Gasteiger partial charge in [-0.05, 0) is 132 Å². The third-order valence-corrected chi connectivity index (χ3v) is 14.8. The van der Waals surface area contributed by atoms with Gasteiger partial charge in [0.2, 0.25) is 6.71 Å². The van der Waals surface area contributed by atoms with E-state index in [1.165, 1.54) is 109 Å². The lowest BCUT2D eigenvalue weighted by atomic mass is 9.31. The summed E-state index contributed by atoms with van der Waals surface area (Å²) in [4.78, 5) is 5.03. The normalized spacial score (nSPS) is 25.4. The molecule has 4 heteroatoms. The van der Waals surface area contributed by atoms with E-state index in [1.54, 1.807) is 5.56 Å². The first-order valence-electron chi connectivity index (χ1n) is 18.6. The van der Waals surface area contributed by atoms with Crippen LogP contribution in [0, 0.1) is 17.8 Å². The number of aromatic nitrogens is 1. The van der Waals surface area contributed by atoms with Gasteiger partial charge in [0.05, 0.1) is 11.0 Å². The second-order valence-electron chi connectivity index (χ2n) is 17.0. The van der Waals surface area contributed by atoms with Crippen LogP contribution in [-0.4, -0.2) is 25.4 Å². The fraction of sp³-hybridized carbons (Fsp3) is 0.333. The van der Waals surface area contributed by atoms with Crippen LogP contribution in [-0.2, 0) is 10.8 Å². The summed E-state index contributed by atoms with van der Waals surface area (Å²) in [5.41, 5.74) is 14.5. The van der Waals surface area contributed by atoms with Crippen molar-refractivity contribution in [1.82, 2.24) is 4.57 Å². The first-order valence-corrected chi connectivity index (χ1v) is 19.4. The van der Waals surface area contributed by atoms with Gasteiger partial charge >= 0.3 is 0 Å². The van der Waals surface area contributed by atoms with E-state index in [1.807, 2.05) is 11.8 Å². The van der Waals surface area contributed by atoms with Crippen LogP contribution in [0.25, 0.3) is 27.5 Å². The molecular formula is C45H43BN2S. The molecule has 2 nitrogen and oxygen atoms in total. The molecule has 0 atom stereocenters. The fourth-order valence-corrected chi connectivity index (χ4v) is 13.1. The highest BCUT2D eigenvalue weighted by Gasteiger charge is 2.52. The monoisotopic (exact) mass is 654 g/mol. The number of hydrogen-bond donors (Lipinski definition) is 0. The Labute approximate surface area is 295 Å². The van der Waals surface area contributed by atoms with Crippen LogP contribution in [0.4, 0.5) is 5.69 Å². The number of para-hydroxylation sites is 1. The molecule has 4 aliphatic carbocycles. The molecule has 0 amide bonds. The Hall–Kier alpha value is -3.89. The molecule has 4 fully saturated rings. The Morgan fingerprint density at radius 2 is 1.37 bits per heavy atom. The second kappa shape index (κ2) is 9.88. The van der Waals surface area contributed by atoms with Crippen molar-refractivity contribution in [2.24, 2.45) is 17.8 Å². The van der Waals surface area contributed by atoms with Gasteiger partial charge in [-0.2, -0.15) is 0 Å². The Kier molecular flexibility index (Phi) is 5.83. The van der Waals surface area contributed by atoms with Crippen molar-refractivity contribution in [3.8, 4) is 5.69 Å². The van der Waals surface area contributed by atoms with Gasteiger partial charge in [-0.15, -0.1) is 0 Å². The molecule has 6 aliphatic rings. The van der Waals surface area contributed by atoms with Crippen LogP contribution in [0.5, 0.6) is 0 Å². The van der Waals surface area contributed by atoms with Gasteiger partial charge in [0.15, 0.2) is 0 Å². The third kappa shape index (κ3) is 3.87. The van der Waals surface area contributed by atoms with Crippen LogP contribution < -0.4 is 21.3 Å². The van der Waals surface area contributed by atoms with E-state index < -0.39 is 0 Å². The van der Waals surface area contributed by atoms with Gasteiger partial charge in [0, 0.05) is 51.4 Å². The van der Waals surface area contributed by atoms with Gasteiger partial charge in [-0.25, -0.2) is 0 Å². The largest absolute Gasteiger partial charge is 0.378 e. The predicted molar refractivity (Wildman–Crippen MR) is 209 cm³/mol. The molecule has 49 heavy (non-hydrogen) atoms. The lowest BCUT2D eigenvalue weighted by Crippen LogP contribution is -2.63. The lowest BCUT2D eigenvalue weighted by Gasteiger charge is -2.57. The summed E-state index contributed by atoms with van der Waals surface area (Å²) < 4.78 is 2.62. The van der Waals surface area contributed by atoms with Gasteiger partial charge in [0.25, 0.3) is 0 Å². The standard InChI is InChI=1S/C45H43BN2S/c1-44(2)34-10-7-13-40-42(34)46(36-17-16-31(47(3)4)23-35(36)44)43-39(12-8-14-41(43)49-40)48-37-11-6-5-9-32(37)33-22-30(15-18-38(33)48)45-24-27-19-28(25-45)21-29(20-27)26-45/h5-18,22-23,27-29H,19-21,24-26H2,1-4H3. The zero-order valence-corrected chi connectivity index (χ0v) is 29.9. The van der Waals surface area contributed by atoms with Gasteiger partial charge < -0.3 is 9.47 Å². The highest BCUT2D eigenvalue weighted by atomic mass is 32.2. The summed E-state index contributed by atoms with van der Waals surface area (Å²) in [6, 6.07) is 38.2. The number of hydrogen-bond acceptors (Lipinski definition) is 2. The van der Waals surface area contributed by atoms with E-state index in [-0.39, 0.29) is 12.1 Å². The Morgan fingerprint density at radius 3 is 2.12 bits per heavy atom. The summed E-state index contributed by atoms with van der Waals surface area (Å²) >= 11 is 1.97. The van der Waals surface area contributed by atoms with Crippen LogP contribution in [0.15, 0.2) is 107 Å². The van der Waals surface area contributed by atoms with Crippen molar-refractivity contribution >= 4 is 62.4 Å². The zero-order valence-electron chi connectivity index (χ0n) is 29.1. The Balaban J connectivity index is 1.16. The summed E-state index contributed by atoms with van der Waals surface area (Å²) in [6.45, 7) is 5.04. The molecule has 2 aliphatic heterocycles. The molecule has 4 saturated carbocycles. The SMILES string of the molecule is CN(C)c1ccc2c(c1)C(C)(C)c1cccc3c1B2c1c(cccc1-n1c2ccccc2c2cc(C45CC6CC(CC(C6)C4)C5)ccc21)S3. The molecule has 0 N–H and O–H groups in total. The third-order valence-electron chi connectivity index (χ3n) is 13.7. The van der Waals surface area contributed by atoms with Crippen molar-refractivity contribution in [2.75, 3.05) is 19.0 Å². The lowest BCUT2D eigenvalue weighted by molar-refractivity contribution is -0.00512. The molecule has 4 bridgehead atoms. The molecule has 3 heterocycles. The highest BCUT2D eigenvalue weighted by Crippen LogP contribution is 2.61. The van der Waals surface area contributed by atoms with E-state index in [0.717, 1.165) is 17.8 Å². The number of fused-ring (bicyclic) bond motifs is 7. The minimum Gasteiger partial charge on any atom is -0.378 e. The number of benzene rings is 5. The summed E-state index contributed by atoms with van der Waals surface area (Å²) in [6.07, 6.45) is 8.67. The van der Waals surface area contributed by atoms with Crippen LogP contribution >= 0.6 is 11.8 Å². The molecule has 0 spiro atoms. The van der Waals surface area contributed by atoms with E-state index >= 15 is 0 Å². The van der Waals surface area contributed by atoms with Gasteiger partial charge in [-0.1, -0.05) is 85.1 Å². The van der Waals surface area contributed by atoms with Crippen molar-refractivity contribution in [1.29, 1.82) is 0 Å². The summed E-state index contributed by atoms with van der Waals surface area (Å²) in [5, 5.41) is 2.80. The minimum absolute atomic E-state index is 0.0866. The maximum atomic E-state index is 2.64. The fourth-order valence-electron chi connectivity index (χ4n) is 11.9. The molecule has 1 aromatic heterocycles. The maximum absolute atomic E-state index is 2.64. The topological polar surface area (TPSA) is 8.17 Å². The second-order valence-corrected chi connectivity index (χ2v) is 18.1. The van der Waals surface area contributed by atoms with Crippen molar-refractivity contribution in [3.63, 3.8) is 0 Å². The Bertz CT molecular complexity index is 2340. The maximum Gasteiger partial charge on any atom is 0.247 e. The van der Waals surface area contributed by atoms with E-state index in [2.05, 4.69) is 134 Å². The van der Waals surface area contributed by atoms with Crippen molar-refractivity contribution < 1.29 is 0 Å². The number of anilines is 1. The smallest absolute Gasteiger partial charge is 0.247 e. The average Bonchev–Trinajstić information content (AvgIpc) is 3.42. The first kappa shape index (κ1) is 28.9. The molecule has 0 unspecified atom stereocenters. The molecule has 242 valence electrons. The molecule has 0 radical (unpaired) electrons. The molecule has 5 aromatic carbocycles. The van der Waals surface area contributed by atoms with E-state index in [0.29, 0.717) is 5.41 Å². The molecular weight excluding hydrogens is 611 g/mol. The van der Waals surface area contributed by atoms with Crippen LogP contribution in [0.2, 0.25) is 0 Å². The van der Waals surface area contributed by atoms with Gasteiger partial charge in [0.1, 0.15) is 0 Å². The molecule has 0 saturated heterocycles. The minimum atomic E-state index is -0.0866. The van der Waals surface area contributed by atoms with E-state index in [9.17, 15) is 0 Å². The van der Waals surface area contributed by atoms with Crippen molar-refractivity contribution in [3.05, 3.63) is 114 Å². The molecule has 12 rings (SSSR count). The number of rotatable bonds is 3. The van der Waals surface area contributed by atoms with Gasteiger partial charge in [-0.3, -0.25) is 0 Å². The van der Waals surface area contributed by atoms with Crippen LogP contribution in [0.1, 0.15) is 69.1 Å². The van der Waals surface area contributed by atoms with Crippen molar-refractivity contribution in [2.45, 2.75) is 73.0 Å². The first-order chi connectivity index (χ1) is 23.8. The Morgan fingerprint density at radius 1 is 0.673 bits per heavy atom. The van der Waals surface area contributed by atoms with E-state index in [4.69, 9.17) is 0 Å². The van der Waals surface area contributed by atoms with Crippen LogP contribution in [0.3, 0.4) is 0 Å². The highest BCUT2D eigenvalue weighted by molar-refractivity contribution is 8.00. The molecule has 6 aromatic rings. The number of nitrogens with zero attached hydrogens (tertiary/aromatic N) is 2. The average molecular weight is 655 g/mol. The zero-order chi connectivity index (χ0) is 32.8. The predicted octanol–water partition coefficient (Wildman–Crippen LogP) is 8.94. The summed E-state index contributed by atoms with van der Waals surface area (Å²) in [5.74, 6) is 2.84.